The molecular weight excluding hydrogens is 1740 g/mol. The summed E-state index contributed by atoms with van der Waals surface area (Å²) in [6.07, 6.45) is 0. The van der Waals surface area contributed by atoms with Gasteiger partial charge in [0.1, 0.15) is 0 Å². The van der Waals surface area contributed by atoms with Crippen LogP contribution in [0.1, 0.15) is 234 Å². The van der Waals surface area contributed by atoms with Gasteiger partial charge in [-0.3, -0.25) is 0 Å². The molecule has 0 saturated carbocycles. The molecule has 0 N–H and O–H groups in total. The van der Waals surface area contributed by atoms with Gasteiger partial charge in [0.15, 0.2) is 0 Å². The van der Waals surface area contributed by atoms with Crippen LogP contribution in [-0.2, 0) is 48.7 Å². The third-order valence-electron chi connectivity index (χ3n) is 32.0. The van der Waals surface area contributed by atoms with Crippen LogP contribution in [0.3, 0.4) is 0 Å². The summed E-state index contributed by atoms with van der Waals surface area (Å²) in [7, 11) is 0. The van der Waals surface area contributed by atoms with Crippen LogP contribution in [0, 0.1) is 6.92 Å². The summed E-state index contributed by atoms with van der Waals surface area (Å²) in [5.41, 5.74) is 53.3. The van der Waals surface area contributed by atoms with E-state index in [0.29, 0.717) is 0 Å². The van der Waals surface area contributed by atoms with Gasteiger partial charge in [-0.2, -0.15) is 0 Å². The Balaban J connectivity index is 0.922. The van der Waals surface area contributed by atoms with Gasteiger partial charge in [0.25, 0.3) is 0 Å². The summed E-state index contributed by atoms with van der Waals surface area (Å²) < 4.78 is 0. The minimum atomic E-state index is -1.13. The highest BCUT2D eigenvalue weighted by molar-refractivity contribution is 6.06. The molecule has 0 heteroatoms. The van der Waals surface area contributed by atoms with Gasteiger partial charge in [-0.1, -0.05) is 449 Å². The average molecular weight is 1880 g/mol. The smallest absolute Gasteiger partial charge is 0.0622 e. The largest absolute Gasteiger partial charge is 0.0725 e. The van der Waals surface area contributed by atoms with E-state index in [1.807, 2.05) is 0 Å². The predicted octanol–water partition coefficient (Wildman–Crippen LogP) is 39.8. The number of fused-ring (bicyclic) bond motifs is 14. The lowest BCUT2D eigenvalue weighted by Crippen LogP contribution is -2.29. The molecule has 0 aliphatic heterocycles. The standard InChI is InChI=1S/C145H134/c1-91-33-32-42-131-134(91)136-133(72-71-132-135(136)127-38-28-31-41-130(127)145(132)128-39-29-26-36-125(128)126-37-27-30-40-129(126)145)144(131,123-87-112(108-77-100(92-34-24-23-25-35-92)73-101(78-108)93-43-57-116(58-44-93)137(2,3)4)85-113(88-123)109-79-102(94-45-59-117(60-46-94)138(5,6)7)74-103(80-109)95-47-61-118(62-48-95)139(8,9)10)124-89-114(110-81-104(96-49-63-119(64-50-96)140(11,12)13)75-105(82-110)97-51-65-120(66-52-97)141(14,15)16)86-115(90-124)111-83-106(98-53-67-121(68-54-98)142(17,18)19)76-107(84-111)99-55-69-122(70-56-99)143(20,21)22/h23-90H,1-22H3. The fourth-order valence-corrected chi connectivity index (χ4v) is 23.6. The van der Waals surface area contributed by atoms with Crippen LogP contribution in [-0.4, -0.2) is 0 Å². The SMILES string of the molecule is Cc1cccc2c1-c1c(ccc3c1-c1ccccc1C31c3ccccc3-c3ccccc31)C2(c1cc(-c2cc(-c3ccccc3)cc(-c3ccc(C(C)(C)C)cc3)c2)cc(-c2cc(-c3ccc(C(C)(C)C)cc3)cc(-c3ccc(C(C)(C)C)cc3)c2)c1)c1cc(-c2cc(-c3ccc(C(C)(C)C)cc3)cc(-c3ccc(C(C)(C)C)cc3)c2)cc(-c2cc(-c3ccc(C(C)(C)C)cc3)cc(-c3ccc(C(C)(C)C)cc3)c2)c1. The van der Waals surface area contributed by atoms with E-state index in [4.69, 9.17) is 0 Å². The fourth-order valence-electron chi connectivity index (χ4n) is 23.6. The summed E-state index contributed by atoms with van der Waals surface area (Å²) in [6.45, 7) is 51.1. The number of aryl methyl sites for hydroxylation is 1. The molecule has 0 heterocycles. The summed E-state index contributed by atoms with van der Waals surface area (Å²) >= 11 is 0. The van der Waals surface area contributed by atoms with Crippen molar-refractivity contribution in [1.82, 2.24) is 0 Å². The molecule has 0 nitrogen and oxygen atoms in total. The summed E-state index contributed by atoms with van der Waals surface area (Å²) in [6, 6.07) is 164. The summed E-state index contributed by atoms with van der Waals surface area (Å²) in [4.78, 5) is 0. The predicted molar refractivity (Wildman–Crippen MR) is 621 cm³/mol. The third kappa shape index (κ3) is 17.1. The Hall–Kier alpha value is -14.8. The highest BCUT2D eigenvalue weighted by Gasteiger charge is 2.56. The zero-order valence-electron chi connectivity index (χ0n) is 88.8. The van der Waals surface area contributed by atoms with Crippen LogP contribution in [0.2, 0.25) is 0 Å². The molecule has 0 bridgehead atoms. The van der Waals surface area contributed by atoms with Gasteiger partial charge >= 0.3 is 0 Å². The second kappa shape index (κ2) is 35.3. The molecule has 145 heavy (non-hydrogen) atoms. The van der Waals surface area contributed by atoms with Crippen LogP contribution in [0.25, 0.3) is 167 Å². The molecule has 1 atom stereocenters. The van der Waals surface area contributed by atoms with E-state index in [2.05, 4.69) is 565 Å². The lowest BCUT2D eigenvalue weighted by molar-refractivity contribution is 0.590. The van der Waals surface area contributed by atoms with Gasteiger partial charge in [-0.25, -0.2) is 0 Å². The van der Waals surface area contributed by atoms with Crippen LogP contribution in [0.4, 0.5) is 0 Å². The first-order valence-corrected chi connectivity index (χ1v) is 52.4. The third-order valence-corrected chi connectivity index (χ3v) is 32.0. The molecule has 19 aromatic carbocycles. The van der Waals surface area contributed by atoms with Crippen molar-refractivity contribution in [1.29, 1.82) is 0 Å². The Morgan fingerprint density at radius 1 is 0.131 bits per heavy atom. The highest BCUT2D eigenvalue weighted by Crippen LogP contribution is 2.69. The van der Waals surface area contributed by atoms with Gasteiger partial charge in [-0.05, 0) is 410 Å². The quantitative estimate of drug-likeness (QED) is 0.102. The topological polar surface area (TPSA) is 0 Å². The molecule has 714 valence electrons. The second-order valence-corrected chi connectivity index (χ2v) is 49.0. The van der Waals surface area contributed by atoms with Gasteiger partial charge in [-0.15, -0.1) is 0 Å². The first-order valence-electron chi connectivity index (χ1n) is 52.4. The lowest BCUT2D eigenvalue weighted by atomic mass is 9.65. The first-order chi connectivity index (χ1) is 69.1. The number of hydrogen-bond acceptors (Lipinski definition) is 0. The molecule has 0 amide bonds. The average Bonchev–Trinajstić information content (AvgIpc) is 1.48. The number of hydrogen-bond donors (Lipinski definition) is 0. The minimum Gasteiger partial charge on any atom is -0.0622 e. The van der Waals surface area contributed by atoms with Crippen LogP contribution < -0.4 is 0 Å². The lowest BCUT2D eigenvalue weighted by Gasteiger charge is -2.36. The van der Waals surface area contributed by atoms with Crippen molar-refractivity contribution in [2.75, 3.05) is 0 Å². The monoisotopic (exact) mass is 1880 g/mol. The maximum atomic E-state index is 2.66. The van der Waals surface area contributed by atoms with Gasteiger partial charge in [0.2, 0.25) is 0 Å². The van der Waals surface area contributed by atoms with E-state index in [0.717, 1.165) is 145 Å². The maximum absolute atomic E-state index is 2.66. The summed E-state index contributed by atoms with van der Waals surface area (Å²) in [5, 5.41) is 0. The second-order valence-electron chi connectivity index (χ2n) is 49.0. The zero-order chi connectivity index (χ0) is 101. The molecule has 0 aromatic heterocycles. The van der Waals surface area contributed by atoms with Crippen LogP contribution in [0.5, 0.6) is 0 Å². The van der Waals surface area contributed by atoms with Crippen molar-refractivity contribution in [3.05, 3.63) is 502 Å². The minimum absolute atomic E-state index is 0.0462. The Bertz CT molecular complexity index is 7800. The van der Waals surface area contributed by atoms with E-state index in [9.17, 15) is 0 Å². The Morgan fingerprint density at radius 2 is 0.317 bits per heavy atom. The molecule has 19 aromatic rings. The number of rotatable bonds is 14. The van der Waals surface area contributed by atoms with Gasteiger partial charge in [0.05, 0.1) is 10.8 Å². The van der Waals surface area contributed by atoms with Crippen LogP contribution >= 0.6 is 0 Å². The Kier molecular flexibility index (Phi) is 23.1. The molecule has 0 fully saturated rings. The molecule has 0 radical (unpaired) electrons. The van der Waals surface area contributed by atoms with E-state index in [1.54, 1.807) is 0 Å². The molecule has 1 unspecified atom stereocenters. The summed E-state index contributed by atoms with van der Waals surface area (Å²) in [5.74, 6) is 0. The van der Waals surface area contributed by atoms with E-state index in [-0.39, 0.29) is 37.9 Å². The highest BCUT2D eigenvalue weighted by atomic mass is 14.6. The normalized spacial score (nSPS) is 14.2. The van der Waals surface area contributed by atoms with Crippen molar-refractivity contribution in [3.8, 4) is 167 Å². The van der Waals surface area contributed by atoms with Crippen molar-refractivity contribution in [3.63, 3.8) is 0 Å². The van der Waals surface area contributed by atoms with Crippen molar-refractivity contribution < 1.29 is 0 Å². The van der Waals surface area contributed by atoms with Crippen molar-refractivity contribution in [2.24, 2.45) is 0 Å². The zero-order valence-corrected chi connectivity index (χ0v) is 88.8. The van der Waals surface area contributed by atoms with Crippen LogP contribution in [0.15, 0.2) is 413 Å². The molecule has 3 aliphatic rings. The van der Waals surface area contributed by atoms with Gasteiger partial charge in [0, 0.05) is 0 Å². The number of benzene rings is 19. The van der Waals surface area contributed by atoms with E-state index >= 15 is 0 Å². The van der Waals surface area contributed by atoms with E-state index < -0.39 is 10.8 Å². The molecule has 1 spiro atoms. The Labute approximate surface area is 863 Å². The van der Waals surface area contributed by atoms with Crippen molar-refractivity contribution in [2.45, 2.75) is 201 Å². The first kappa shape index (κ1) is 95.0. The molecule has 0 saturated heterocycles. The Morgan fingerprint density at radius 3 is 0.566 bits per heavy atom. The molecule has 22 rings (SSSR count). The van der Waals surface area contributed by atoms with E-state index in [1.165, 1.54) is 111 Å². The maximum Gasteiger partial charge on any atom is 0.0725 e. The fraction of sp³-hybridized carbons (Fsp3) is 0.214. The van der Waals surface area contributed by atoms with Gasteiger partial charge < -0.3 is 0 Å². The molecule has 3 aliphatic carbocycles. The van der Waals surface area contributed by atoms with Crippen molar-refractivity contribution >= 4 is 0 Å². The molecular formula is C145H134.